The van der Waals surface area contributed by atoms with Gasteiger partial charge in [0, 0.05) is 6.42 Å². The van der Waals surface area contributed by atoms with Gasteiger partial charge < -0.3 is 59.8 Å². The van der Waals surface area contributed by atoms with Crippen molar-refractivity contribution in [2.24, 2.45) is 0 Å². The number of aliphatic hydroxyl groups is 6. The summed E-state index contributed by atoms with van der Waals surface area (Å²) in [6, 6.07) is 4.03. The maximum absolute atomic E-state index is 12.5. The van der Waals surface area contributed by atoms with E-state index in [1.165, 1.54) is 25.1 Å². The van der Waals surface area contributed by atoms with E-state index in [-0.39, 0.29) is 24.3 Å². The number of ether oxygens (including phenoxy) is 4. The third kappa shape index (κ3) is 5.76. The van der Waals surface area contributed by atoms with Gasteiger partial charge in [-0.05, 0) is 31.0 Å². The first-order valence-electron chi connectivity index (χ1n) is 10.7. The number of aryl methyl sites for hydroxylation is 1. The van der Waals surface area contributed by atoms with Gasteiger partial charge in [0.2, 0.25) is 0 Å². The molecule has 1 aromatic carbocycles. The van der Waals surface area contributed by atoms with Gasteiger partial charge in [-0.15, -0.1) is 0 Å². The van der Waals surface area contributed by atoms with Gasteiger partial charge in [0.25, 0.3) is 0 Å². The Morgan fingerprint density at radius 3 is 2.29 bits per heavy atom. The molecular formula is C21H30O13. The van der Waals surface area contributed by atoms with Crippen LogP contribution in [0.25, 0.3) is 0 Å². The fourth-order valence-electron chi connectivity index (χ4n) is 3.82. The molecule has 13 heteroatoms. The van der Waals surface area contributed by atoms with E-state index in [4.69, 9.17) is 18.9 Å². The van der Waals surface area contributed by atoms with E-state index >= 15 is 0 Å². The molecule has 2 aliphatic rings. The molecule has 10 unspecified atom stereocenters. The molecule has 34 heavy (non-hydrogen) atoms. The smallest absolute Gasteiger partial charge is 0.306 e. The molecule has 8 N–H and O–H groups in total. The summed E-state index contributed by atoms with van der Waals surface area (Å²) in [5, 5.41) is 79.1. The third-order valence-electron chi connectivity index (χ3n) is 5.84. The van der Waals surface area contributed by atoms with Crippen LogP contribution in [0.4, 0.5) is 0 Å². The molecule has 2 heterocycles. The van der Waals surface area contributed by atoms with Crippen molar-refractivity contribution in [1.29, 1.82) is 0 Å². The highest BCUT2D eigenvalue weighted by molar-refractivity contribution is 5.70. The van der Waals surface area contributed by atoms with Gasteiger partial charge in [-0.2, -0.15) is 0 Å². The van der Waals surface area contributed by atoms with Crippen molar-refractivity contribution in [2.75, 3.05) is 6.61 Å². The fourth-order valence-corrected chi connectivity index (χ4v) is 3.82. The van der Waals surface area contributed by atoms with Gasteiger partial charge >= 0.3 is 5.97 Å². The van der Waals surface area contributed by atoms with Crippen LogP contribution >= 0.6 is 0 Å². The van der Waals surface area contributed by atoms with E-state index < -0.39 is 74.0 Å². The summed E-state index contributed by atoms with van der Waals surface area (Å²) in [6.07, 6.45) is -15.3. The average Bonchev–Trinajstić information content (AvgIpc) is 2.81. The largest absolute Gasteiger partial charge is 0.504 e. The normalized spacial score (nSPS) is 38.4. The van der Waals surface area contributed by atoms with Crippen molar-refractivity contribution in [2.45, 2.75) is 81.2 Å². The van der Waals surface area contributed by atoms with E-state index in [1.807, 2.05) is 0 Å². The number of aliphatic hydroxyl groups excluding tert-OH is 6. The summed E-state index contributed by atoms with van der Waals surface area (Å²) in [7, 11) is 0. The number of esters is 1. The van der Waals surface area contributed by atoms with Gasteiger partial charge in [0.05, 0.1) is 12.7 Å². The predicted molar refractivity (Wildman–Crippen MR) is 109 cm³/mol. The highest BCUT2D eigenvalue weighted by Crippen LogP contribution is 2.30. The molecule has 1 aromatic rings. The first kappa shape index (κ1) is 26.5. The second-order valence-electron chi connectivity index (χ2n) is 8.30. The molecule has 0 radical (unpaired) electrons. The molecule has 2 aliphatic heterocycles. The lowest BCUT2D eigenvalue weighted by Gasteiger charge is -2.45. The summed E-state index contributed by atoms with van der Waals surface area (Å²) in [6.45, 7) is 0.694. The second-order valence-corrected chi connectivity index (χ2v) is 8.30. The molecule has 0 saturated carbocycles. The van der Waals surface area contributed by atoms with Crippen LogP contribution in [0.15, 0.2) is 18.2 Å². The average molecular weight is 490 g/mol. The molecule has 13 nitrogen and oxygen atoms in total. The van der Waals surface area contributed by atoms with E-state index in [0.29, 0.717) is 5.56 Å². The van der Waals surface area contributed by atoms with Crippen LogP contribution in [0.3, 0.4) is 0 Å². The number of carbonyl (C=O) groups excluding carboxylic acids is 1. The number of benzene rings is 1. The first-order valence-corrected chi connectivity index (χ1v) is 10.7. The topological polar surface area (TPSA) is 216 Å². The quantitative estimate of drug-likeness (QED) is 0.144. The maximum Gasteiger partial charge on any atom is 0.306 e. The third-order valence-corrected chi connectivity index (χ3v) is 5.84. The Labute approximate surface area is 194 Å². The number of hydrogen-bond acceptors (Lipinski definition) is 13. The van der Waals surface area contributed by atoms with Crippen molar-refractivity contribution in [3.8, 4) is 11.5 Å². The lowest BCUT2D eigenvalue weighted by molar-refractivity contribution is -0.353. The van der Waals surface area contributed by atoms with Crippen molar-refractivity contribution < 1.29 is 64.6 Å². The van der Waals surface area contributed by atoms with Gasteiger partial charge in [-0.25, -0.2) is 0 Å². The number of hydrogen-bond donors (Lipinski definition) is 8. The summed E-state index contributed by atoms with van der Waals surface area (Å²) in [5.74, 6) is -1.47. The van der Waals surface area contributed by atoms with Crippen molar-refractivity contribution in [3.05, 3.63) is 23.8 Å². The zero-order chi connectivity index (χ0) is 25.2. The Bertz CT molecular complexity index is 835. The molecule has 0 amide bonds. The molecular weight excluding hydrogens is 460 g/mol. The molecule has 0 spiro atoms. The molecule has 3 rings (SSSR count). The Morgan fingerprint density at radius 2 is 1.65 bits per heavy atom. The van der Waals surface area contributed by atoms with Crippen LogP contribution in [-0.4, -0.2) is 115 Å². The Kier molecular flexibility index (Phi) is 8.67. The van der Waals surface area contributed by atoms with E-state index in [2.05, 4.69) is 0 Å². The highest BCUT2D eigenvalue weighted by atomic mass is 16.7. The molecule has 0 aromatic heterocycles. The summed E-state index contributed by atoms with van der Waals surface area (Å²) >= 11 is 0. The minimum atomic E-state index is -1.83. The van der Waals surface area contributed by atoms with Crippen LogP contribution in [0.2, 0.25) is 0 Å². The standard InChI is InChI=1S/C21H30O13/c1-8-14(26)15(27)16(28)21(31-8)34-19-17(29)20(30)32-12(7-22)18(19)33-13(25)5-3-9-2-4-10(23)11(24)6-9/h2,4,6,8,12,14-24,26-30H,3,5,7H2,1H3. The summed E-state index contributed by atoms with van der Waals surface area (Å²) in [4.78, 5) is 12.5. The number of phenolic OH excluding ortho intramolecular Hbond substituents is 2. The number of phenols is 2. The molecule has 0 bridgehead atoms. The van der Waals surface area contributed by atoms with Crippen LogP contribution in [0.1, 0.15) is 18.9 Å². The van der Waals surface area contributed by atoms with Crippen molar-refractivity contribution >= 4 is 5.97 Å². The SMILES string of the molecule is CC1OC(OC2C(O)C(O)OC(CO)C2OC(=O)CCc2ccc(O)c(O)c2)C(O)C(O)C1O. The molecule has 192 valence electrons. The number of rotatable bonds is 7. The Balaban J connectivity index is 1.72. The van der Waals surface area contributed by atoms with Crippen LogP contribution < -0.4 is 0 Å². The fraction of sp³-hybridized carbons (Fsp3) is 0.667. The van der Waals surface area contributed by atoms with E-state index in [0.717, 1.165) is 0 Å². The Hall–Kier alpha value is -2.07. The second kappa shape index (κ2) is 11.1. The summed E-state index contributed by atoms with van der Waals surface area (Å²) < 4.78 is 21.4. The first-order chi connectivity index (χ1) is 16.0. The van der Waals surface area contributed by atoms with Crippen LogP contribution in [0.5, 0.6) is 11.5 Å². The van der Waals surface area contributed by atoms with Gasteiger partial charge in [-0.3, -0.25) is 4.79 Å². The van der Waals surface area contributed by atoms with Crippen LogP contribution in [-0.2, 0) is 30.2 Å². The lowest BCUT2D eigenvalue weighted by Crippen LogP contribution is -2.64. The zero-order valence-electron chi connectivity index (χ0n) is 18.2. The molecule has 2 fully saturated rings. The minimum Gasteiger partial charge on any atom is -0.504 e. The number of aromatic hydroxyl groups is 2. The monoisotopic (exact) mass is 490 g/mol. The van der Waals surface area contributed by atoms with Crippen LogP contribution in [0, 0.1) is 0 Å². The Morgan fingerprint density at radius 1 is 0.941 bits per heavy atom. The predicted octanol–water partition coefficient (Wildman–Crippen LogP) is -2.77. The number of carbonyl (C=O) groups is 1. The minimum absolute atomic E-state index is 0.118. The molecule has 10 atom stereocenters. The van der Waals surface area contributed by atoms with E-state index in [9.17, 15) is 45.6 Å². The lowest BCUT2D eigenvalue weighted by atomic mass is 9.97. The zero-order valence-corrected chi connectivity index (χ0v) is 18.2. The maximum atomic E-state index is 12.5. The van der Waals surface area contributed by atoms with Gasteiger partial charge in [0.15, 0.2) is 30.2 Å². The van der Waals surface area contributed by atoms with Crippen molar-refractivity contribution in [1.82, 2.24) is 0 Å². The molecule has 2 saturated heterocycles. The molecule has 0 aliphatic carbocycles. The van der Waals surface area contributed by atoms with Crippen molar-refractivity contribution in [3.63, 3.8) is 0 Å². The van der Waals surface area contributed by atoms with E-state index in [1.54, 1.807) is 0 Å². The van der Waals surface area contributed by atoms with Gasteiger partial charge in [0.1, 0.15) is 36.6 Å². The highest BCUT2D eigenvalue weighted by Gasteiger charge is 2.51. The van der Waals surface area contributed by atoms with Gasteiger partial charge in [-0.1, -0.05) is 6.07 Å². The summed E-state index contributed by atoms with van der Waals surface area (Å²) in [5.41, 5.74) is 0.523.